The lowest BCUT2D eigenvalue weighted by atomic mass is 9.80. The molecule has 5 heteroatoms. The molecule has 19 heavy (non-hydrogen) atoms. The summed E-state index contributed by atoms with van der Waals surface area (Å²) in [5.41, 5.74) is 5.66. The van der Waals surface area contributed by atoms with Crippen LogP contribution >= 0.6 is 0 Å². The Morgan fingerprint density at radius 3 is 2.00 bits per heavy atom. The van der Waals surface area contributed by atoms with Crippen molar-refractivity contribution < 1.29 is 9.59 Å². The van der Waals surface area contributed by atoms with Gasteiger partial charge in [-0.25, -0.2) is 0 Å². The van der Waals surface area contributed by atoms with E-state index in [1.54, 1.807) is 21.1 Å². The summed E-state index contributed by atoms with van der Waals surface area (Å²) in [5, 5.41) is 0. The van der Waals surface area contributed by atoms with Crippen molar-refractivity contribution in [3.8, 4) is 0 Å². The molecule has 0 aromatic rings. The van der Waals surface area contributed by atoms with E-state index in [-0.39, 0.29) is 18.4 Å². The van der Waals surface area contributed by atoms with Crippen molar-refractivity contribution in [3.05, 3.63) is 0 Å². The zero-order valence-corrected chi connectivity index (χ0v) is 12.4. The highest BCUT2D eigenvalue weighted by Crippen LogP contribution is 2.30. The Hall–Kier alpha value is -1.10. The van der Waals surface area contributed by atoms with Crippen LogP contribution in [-0.4, -0.2) is 55.8 Å². The standard InChI is InChI=1S/C14H27N3O2/c1-16(2)14(19)10-17(3)13(18)8-11-4-6-12(9-15)7-5-11/h11-12H,4-10,15H2,1-3H3. The van der Waals surface area contributed by atoms with E-state index in [2.05, 4.69) is 0 Å². The second-order valence-electron chi connectivity index (χ2n) is 5.86. The maximum atomic E-state index is 12.1. The minimum atomic E-state index is -0.0392. The molecule has 1 rings (SSSR count). The summed E-state index contributed by atoms with van der Waals surface area (Å²) in [6, 6.07) is 0. The van der Waals surface area contributed by atoms with Gasteiger partial charge in [0.05, 0.1) is 6.54 Å². The fourth-order valence-electron chi connectivity index (χ4n) is 2.51. The predicted octanol–water partition coefficient (Wildman–Crippen LogP) is 0.688. The van der Waals surface area contributed by atoms with Gasteiger partial charge in [0.1, 0.15) is 0 Å². The van der Waals surface area contributed by atoms with Crippen LogP contribution in [0.25, 0.3) is 0 Å². The molecule has 2 N–H and O–H groups in total. The predicted molar refractivity (Wildman–Crippen MR) is 75.5 cm³/mol. The van der Waals surface area contributed by atoms with Gasteiger partial charge in [-0.1, -0.05) is 0 Å². The average Bonchev–Trinajstić information content (AvgIpc) is 2.39. The molecular weight excluding hydrogens is 242 g/mol. The van der Waals surface area contributed by atoms with E-state index in [0.717, 1.165) is 32.2 Å². The molecule has 0 aromatic heterocycles. The highest BCUT2D eigenvalue weighted by atomic mass is 16.2. The Morgan fingerprint density at radius 2 is 1.53 bits per heavy atom. The van der Waals surface area contributed by atoms with E-state index in [4.69, 9.17) is 5.73 Å². The van der Waals surface area contributed by atoms with Crippen LogP contribution in [0.15, 0.2) is 0 Å². The number of carbonyl (C=O) groups is 2. The monoisotopic (exact) mass is 269 g/mol. The number of nitrogens with two attached hydrogens (primary N) is 1. The third-order valence-corrected chi connectivity index (χ3v) is 4.06. The average molecular weight is 269 g/mol. The molecule has 1 aliphatic carbocycles. The number of likely N-dealkylation sites (N-methyl/N-ethyl adjacent to an activating group) is 2. The summed E-state index contributed by atoms with van der Waals surface area (Å²) in [6.45, 7) is 0.932. The molecule has 2 amide bonds. The molecule has 0 heterocycles. The summed E-state index contributed by atoms with van der Waals surface area (Å²) < 4.78 is 0. The van der Waals surface area contributed by atoms with Crippen LogP contribution in [0.5, 0.6) is 0 Å². The first-order valence-corrected chi connectivity index (χ1v) is 7.08. The van der Waals surface area contributed by atoms with Crippen LogP contribution in [0.1, 0.15) is 32.1 Å². The Labute approximate surface area is 116 Å². The van der Waals surface area contributed by atoms with Gasteiger partial charge in [0.2, 0.25) is 11.8 Å². The van der Waals surface area contributed by atoms with Crippen molar-refractivity contribution >= 4 is 11.8 Å². The second-order valence-corrected chi connectivity index (χ2v) is 5.86. The SMILES string of the molecule is CN(C)C(=O)CN(C)C(=O)CC1CCC(CN)CC1. The maximum absolute atomic E-state index is 12.1. The fourth-order valence-corrected chi connectivity index (χ4v) is 2.51. The third-order valence-electron chi connectivity index (χ3n) is 4.06. The molecule has 1 fully saturated rings. The Bertz CT molecular complexity index is 310. The summed E-state index contributed by atoms with van der Waals surface area (Å²) in [6.07, 6.45) is 5.00. The summed E-state index contributed by atoms with van der Waals surface area (Å²) >= 11 is 0. The highest BCUT2D eigenvalue weighted by molar-refractivity contribution is 5.84. The first kappa shape index (κ1) is 16.0. The van der Waals surface area contributed by atoms with Crippen LogP contribution in [0.4, 0.5) is 0 Å². The molecule has 0 unspecified atom stereocenters. The molecule has 1 saturated carbocycles. The smallest absolute Gasteiger partial charge is 0.241 e. The quantitative estimate of drug-likeness (QED) is 0.798. The van der Waals surface area contributed by atoms with Crippen LogP contribution in [0, 0.1) is 11.8 Å². The van der Waals surface area contributed by atoms with Crippen LogP contribution in [-0.2, 0) is 9.59 Å². The van der Waals surface area contributed by atoms with Gasteiger partial charge >= 0.3 is 0 Å². The van der Waals surface area contributed by atoms with Gasteiger partial charge in [-0.05, 0) is 44.1 Å². The number of amides is 2. The van der Waals surface area contributed by atoms with Gasteiger partial charge in [0.15, 0.2) is 0 Å². The zero-order valence-electron chi connectivity index (χ0n) is 12.4. The number of hydrogen-bond donors (Lipinski definition) is 1. The molecular formula is C14H27N3O2. The van der Waals surface area contributed by atoms with E-state index >= 15 is 0 Å². The molecule has 0 saturated heterocycles. The number of rotatable bonds is 5. The topological polar surface area (TPSA) is 66.6 Å². The van der Waals surface area contributed by atoms with Crippen molar-refractivity contribution in [1.29, 1.82) is 0 Å². The Balaban J connectivity index is 2.32. The number of hydrogen-bond acceptors (Lipinski definition) is 3. The van der Waals surface area contributed by atoms with Crippen LogP contribution < -0.4 is 5.73 Å². The van der Waals surface area contributed by atoms with Crippen LogP contribution in [0.2, 0.25) is 0 Å². The second kappa shape index (κ2) is 7.48. The first-order chi connectivity index (χ1) is 8.93. The lowest BCUT2D eigenvalue weighted by Crippen LogP contribution is -2.38. The molecule has 5 nitrogen and oxygen atoms in total. The van der Waals surface area contributed by atoms with Gasteiger partial charge in [0, 0.05) is 27.6 Å². The number of nitrogens with zero attached hydrogens (tertiary/aromatic N) is 2. The van der Waals surface area contributed by atoms with E-state index < -0.39 is 0 Å². The minimum absolute atomic E-state index is 0.0392. The first-order valence-electron chi connectivity index (χ1n) is 7.08. The van der Waals surface area contributed by atoms with Crippen LogP contribution in [0.3, 0.4) is 0 Å². The summed E-state index contributed by atoms with van der Waals surface area (Å²) in [7, 11) is 5.11. The maximum Gasteiger partial charge on any atom is 0.241 e. The van der Waals surface area contributed by atoms with Crippen molar-refractivity contribution in [3.63, 3.8) is 0 Å². The highest BCUT2D eigenvalue weighted by Gasteiger charge is 2.24. The van der Waals surface area contributed by atoms with Crippen molar-refractivity contribution in [2.75, 3.05) is 34.2 Å². The largest absolute Gasteiger partial charge is 0.347 e. The van der Waals surface area contributed by atoms with E-state index in [1.165, 1.54) is 9.80 Å². The number of carbonyl (C=O) groups excluding carboxylic acids is 2. The zero-order chi connectivity index (χ0) is 14.4. The molecule has 0 aliphatic heterocycles. The van der Waals surface area contributed by atoms with E-state index in [0.29, 0.717) is 18.3 Å². The summed E-state index contributed by atoms with van der Waals surface area (Å²) in [5.74, 6) is 1.14. The summed E-state index contributed by atoms with van der Waals surface area (Å²) in [4.78, 5) is 26.6. The van der Waals surface area contributed by atoms with Crippen molar-refractivity contribution in [2.24, 2.45) is 17.6 Å². The molecule has 0 radical (unpaired) electrons. The third kappa shape index (κ3) is 5.19. The van der Waals surface area contributed by atoms with Gasteiger partial charge in [-0.3, -0.25) is 9.59 Å². The fraction of sp³-hybridized carbons (Fsp3) is 0.857. The Morgan fingerprint density at radius 1 is 1.00 bits per heavy atom. The lowest BCUT2D eigenvalue weighted by Gasteiger charge is -2.28. The van der Waals surface area contributed by atoms with Crippen molar-refractivity contribution in [2.45, 2.75) is 32.1 Å². The normalized spacial score (nSPS) is 22.9. The molecule has 0 spiro atoms. The lowest BCUT2D eigenvalue weighted by molar-refractivity contribution is -0.138. The minimum Gasteiger partial charge on any atom is -0.347 e. The van der Waals surface area contributed by atoms with Crippen molar-refractivity contribution in [1.82, 2.24) is 9.80 Å². The molecule has 1 aliphatic rings. The van der Waals surface area contributed by atoms with E-state index in [9.17, 15) is 9.59 Å². The molecule has 0 bridgehead atoms. The Kier molecular flexibility index (Phi) is 6.28. The molecule has 0 atom stereocenters. The van der Waals surface area contributed by atoms with Gasteiger partial charge in [-0.15, -0.1) is 0 Å². The van der Waals surface area contributed by atoms with Gasteiger partial charge < -0.3 is 15.5 Å². The van der Waals surface area contributed by atoms with E-state index in [1.807, 2.05) is 0 Å². The van der Waals surface area contributed by atoms with Gasteiger partial charge in [-0.2, -0.15) is 0 Å². The van der Waals surface area contributed by atoms with Gasteiger partial charge in [0.25, 0.3) is 0 Å². The molecule has 110 valence electrons. The molecule has 0 aromatic carbocycles.